The molecule has 6 atom stereocenters. The van der Waals surface area contributed by atoms with Crippen molar-refractivity contribution in [3.05, 3.63) is 42.0 Å². The molecule has 172 valence electrons. The maximum atomic E-state index is 11.4. The average Bonchev–Trinajstić information content (AvgIpc) is 3.01. The SMILES string of the molecule is C=C[C@@]12CCc3cc(OS(N)(=O)=O)ccc3[C@H]1[C@@H](CCCCC)C[C@@]1(C)[C@H]2CC[C@@H]1O. The Hall–Kier alpha value is -1.37. The molecule has 2 saturated carbocycles. The number of hydrogen-bond donors (Lipinski definition) is 2. The van der Waals surface area contributed by atoms with E-state index in [0.717, 1.165) is 44.1 Å². The van der Waals surface area contributed by atoms with Crippen LogP contribution in [0.1, 0.15) is 82.3 Å². The van der Waals surface area contributed by atoms with Gasteiger partial charge in [-0.15, -0.1) is 6.58 Å². The highest BCUT2D eigenvalue weighted by Crippen LogP contribution is 2.69. The van der Waals surface area contributed by atoms with Gasteiger partial charge in [0.25, 0.3) is 0 Å². The van der Waals surface area contributed by atoms with Crippen molar-refractivity contribution in [3.63, 3.8) is 0 Å². The number of aryl methyl sites for hydroxylation is 1. The Labute approximate surface area is 187 Å². The van der Waals surface area contributed by atoms with E-state index in [9.17, 15) is 13.5 Å². The molecule has 0 saturated heterocycles. The normalized spacial score (nSPS) is 36.9. The van der Waals surface area contributed by atoms with E-state index in [4.69, 9.17) is 9.32 Å². The van der Waals surface area contributed by atoms with Crippen molar-refractivity contribution in [2.45, 2.75) is 83.7 Å². The van der Waals surface area contributed by atoms with Crippen LogP contribution in [0.3, 0.4) is 0 Å². The highest BCUT2D eigenvalue weighted by molar-refractivity contribution is 7.84. The summed E-state index contributed by atoms with van der Waals surface area (Å²) in [6.45, 7) is 8.88. The van der Waals surface area contributed by atoms with Crippen molar-refractivity contribution in [1.29, 1.82) is 0 Å². The molecule has 3 N–H and O–H groups in total. The first-order chi connectivity index (χ1) is 14.6. The Balaban J connectivity index is 1.78. The third-order valence-corrected chi connectivity index (χ3v) is 9.16. The molecule has 0 aliphatic heterocycles. The van der Waals surface area contributed by atoms with Crippen molar-refractivity contribution in [2.75, 3.05) is 0 Å². The smallest absolute Gasteiger partial charge is 0.380 e. The van der Waals surface area contributed by atoms with Gasteiger partial charge in [-0.25, -0.2) is 0 Å². The zero-order chi connectivity index (χ0) is 22.4. The van der Waals surface area contributed by atoms with Gasteiger partial charge in [-0.3, -0.25) is 0 Å². The number of hydrogen-bond acceptors (Lipinski definition) is 4. The third kappa shape index (κ3) is 3.85. The van der Waals surface area contributed by atoms with Crippen molar-refractivity contribution >= 4 is 10.3 Å². The minimum atomic E-state index is -4.04. The molecule has 31 heavy (non-hydrogen) atoms. The van der Waals surface area contributed by atoms with E-state index < -0.39 is 10.3 Å². The largest absolute Gasteiger partial charge is 0.393 e. The van der Waals surface area contributed by atoms with Gasteiger partial charge in [0, 0.05) is 0 Å². The first kappa shape index (κ1) is 22.8. The van der Waals surface area contributed by atoms with Gasteiger partial charge < -0.3 is 9.29 Å². The number of fused-ring (bicyclic) bond motifs is 5. The second-order valence-corrected chi connectivity index (χ2v) is 11.5. The summed E-state index contributed by atoms with van der Waals surface area (Å²) in [7, 11) is -4.04. The zero-order valence-electron chi connectivity index (χ0n) is 18.8. The van der Waals surface area contributed by atoms with Gasteiger partial charge >= 0.3 is 10.3 Å². The highest BCUT2D eigenvalue weighted by atomic mass is 32.2. The van der Waals surface area contributed by atoms with Gasteiger partial charge in [0.05, 0.1) is 6.10 Å². The summed E-state index contributed by atoms with van der Waals surface area (Å²) < 4.78 is 27.8. The summed E-state index contributed by atoms with van der Waals surface area (Å²) in [6.07, 6.45) is 11.5. The minimum absolute atomic E-state index is 0.0311. The van der Waals surface area contributed by atoms with Crippen LogP contribution < -0.4 is 9.32 Å². The van der Waals surface area contributed by atoms with Gasteiger partial charge in [-0.1, -0.05) is 45.3 Å². The summed E-state index contributed by atoms with van der Waals surface area (Å²) >= 11 is 0. The molecule has 1 aromatic rings. The zero-order valence-corrected chi connectivity index (χ0v) is 19.7. The fourth-order valence-corrected chi connectivity index (χ4v) is 7.90. The van der Waals surface area contributed by atoms with E-state index in [-0.39, 0.29) is 22.7 Å². The lowest BCUT2D eigenvalue weighted by atomic mass is 9.44. The van der Waals surface area contributed by atoms with Crippen LogP contribution in [0.2, 0.25) is 0 Å². The van der Waals surface area contributed by atoms with Crippen LogP contribution in [-0.2, 0) is 16.7 Å². The topological polar surface area (TPSA) is 89.6 Å². The Morgan fingerprint density at radius 1 is 1.32 bits per heavy atom. The van der Waals surface area contributed by atoms with Gasteiger partial charge in [0.2, 0.25) is 0 Å². The van der Waals surface area contributed by atoms with Crippen LogP contribution in [-0.4, -0.2) is 19.6 Å². The standard InChI is InChI=1S/C25H37NO4S/c1-4-6-7-8-18-16-24(3)21(11-12-22(24)27)25(5-2)14-13-17-15-19(30-31(26,28)29)9-10-20(17)23(18)25/h5,9-10,15,18,21-23,27H,2,4,6-8,11-14,16H2,1,3H3,(H2,26,28,29)/t18-,21+,22-,23+,24-,25-/m0/s1. The minimum Gasteiger partial charge on any atom is -0.393 e. The van der Waals surface area contributed by atoms with Crippen LogP contribution in [0.5, 0.6) is 5.75 Å². The van der Waals surface area contributed by atoms with Crippen LogP contribution in [0.15, 0.2) is 30.9 Å². The first-order valence-electron chi connectivity index (χ1n) is 11.8. The molecule has 2 fully saturated rings. The fraction of sp³-hybridized carbons (Fsp3) is 0.680. The highest BCUT2D eigenvalue weighted by Gasteiger charge is 2.63. The number of nitrogens with two attached hydrogens (primary N) is 1. The lowest BCUT2D eigenvalue weighted by molar-refractivity contribution is -0.0812. The second kappa shape index (κ2) is 8.20. The van der Waals surface area contributed by atoms with Gasteiger partial charge in [-0.2, -0.15) is 13.6 Å². The number of allylic oxidation sites excluding steroid dienone is 1. The molecule has 3 aliphatic carbocycles. The van der Waals surface area contributed by atoms with Crippen LogP contribution >= 0.6 is 0 Å². The molecule has 4 rings (SSSR count). The Kier molecular flexibility index (Phi) is 6.03. The maximum absolute atomic E-state index is 11.4. The Morgan fingerprint density at radius 3 is 2.77 bits per heavy atom. The van der Waals surface area contributed by atoms with Crippen LogP contribution in [0.25, 0.3) is 0 Å². The van der Waals surface area contributed by atoms with Crippen LogP contribution in [0.4, 0.5) is 0 Å². The Morgan fingerprint density at radius 2 is 2.10 bits per heavy atom. The second-order valence-electron chi connectivity index (χ2n) is 10.3. The fourth-order valence-electron chi connectivity index (χ4n) is 7.52. The molecule has 0 spiro atoms. The van der Waals surface area contributed by atoms with Crippen molar-refractivity contribution < 1.29 is 17.7 Å². The average molecular weight is 448 g/mol. The molecule has 0 bridgehead atoms. The molecule has 6 heteroatoms. The molecule has 1 aromatic carbocycles. The number of unbranched alkanes of at least 4 members (excludes halogenated alkanes) is 2. The first-order valence-corrected chi connectivity index (χ1v) is 13.3. The van der Waals surface area contributed by atoms with E-state index in [1.54, 1.807) is 6.07 Å². The molecule has 0 aromatic heterocycles. The summed E-state index contributed by atoms with van der Waals surface area (Å²) in [5.41, 5.74) is 2.37. The summed E-state index contributed by atoms with van der Waals surface area (Å²) in [4.78, 5) is 0. The van der Waals surface area contributed by atoms with Crippen molar-refractivity contribution in [2.24, 2.45) is 27.8 Å². The van der Waals surface area contributed by atoms with E-state index in [2.05, 4.69) is 32.6 Å². The van der Waals surface area contributed by atoms with Crippen LogP contribution in [0, 0.1) is 22.7 Å². The monoisotopic (exact) mass is 447 g/mol. The number of benzene rings is 1. The van der Waals surface area contributed by atoms with Gasteiger partial charge in [0.15, 0.2) is 0 Å². The third-order valence-electron chi connectivity index (χ3n) is 8.74. The van der Waals surface area contributed by atoms with E-state index in [0.29, 0.717) is 17.8 Å². The van der Waals surface area contributed by atoms with Crippen molar-refractivity contribution in [3.8, 4) is 5.75 Å². The van der Waals surface area contributed by atoms with Gasteiger partial charge in [0.1, 0.15) is 5.75 Å². The predicted octanol–water partition coefficient (Wildman–Crippen LogP) is 4.85. The summed E-state index contributed by atoms with van der Waals surface area (Å²) in [5.74, 6) is 1.53. The Bertz CT molecular complexity index is 945. The van der Waals surface area contributed by atoms with E-state index in [1.165, 1.54) is 24.8 Å². The number of aliphatic hydroxyl groups excluding tert-OH is 1. The summed E-state index contributed by atoms with van der Waals surface area (Å²) in [5, 5.41) is 16.1. The molecule has 5 nitrogen and oxygen atoms in total. The number of aliphatic hydroxyl groups is 1. The number of rotatable bonds is 7. The lowest BCUT2D eigenvalue weighted by Crippen LogP contribution is -2.54. The molecule has 0 radical (unpaired) electrons. The van der Waals surface area contributed by atoms with E-state index >= 15 is 0 Å². The molecular weight excluding hydrogens is 410 g/mol. The lowest BCUT2D eigenvalue weighted by Gasteiger charge is -2.60. The molecular formula is C25H37NO4S. The quantitative estimate of drug-likeness (QED) is 0.462. The predicted molar refractivity (Wildman–Crippen MR) is 123 cm³/mol. The maximum Gasteiger partial charge on any atom is 0.380 e. The summed E-state index contributed by atoms with van der Waals surface area (Å²) in [6, 6.07) is 5.65. The molecule has 0 unspecified atom stereocenters. The van der Waals surface area contributed by atoms with Gasteiger partial charge in [-0.05, 0) is 90.4 Å². The van der Waals surface area contributed by atoms with Crippen molar-refractivity contribution in [1.82, 2.24) is 0 Å². The molecule has 0 amide bonds. The van der Waals surface area contributed by atoms with E-state index in [1.807, 2.05) is 6.07 Å². The molecule has 0 heterocycles. The molecule has 3 aliphatic rings.